The van der Waals surface area contributed by atoms with Crippen molar-refractivity contribution in [2.45, 2.75) is 6.92 Å². The second kappa shape index (κ2) is 4.22. The third-order valence-corrected chi connectivity index (χ3v) is 3.21. The van der Waals surface area contributed by atoms with Gasteiger partial charge in [0.05, 0.1) is 15.9 Å². The number of halogens is 1. The first-order valence-corrected chi connectivity index (χ1v) is 5.74. The summed E-state index contributed by atoms with van der Waals surface area (Å²) in [6, 6.07) is 7.69. The van der Waals surface area contributed by atoms with Crippen molar-refractivity contribution in [3.63, 3.8) is 0 Å². The highest BCUT2D eigenvalue weighted by Crippen LogP contribution is 2.19. The van der Waals surface area contributed by atoms with Crippen molar-refractivity contribution in [1.29, 1.82) is 0 Å². The van der Waals surface area contributed by atoms with Gasteiger partial charge in [0.15, 0.2) is 0 Å². The summed E-state index contributed by atoms with van der Waals surface area (Å²) in [4.78, 5) is 11.6. The molecule has 0 atom stereocenters. The molecule has 0 aromatic carbocycles. The van der Waals surface area contributed by atoms with Gasteiger partial charge in [-0.2, -0.15) is 0 Å². The van der Waals surface area contributed by atoms with Crippen LogP contribution in [0.1, 0.15) is 17.3 Å². The summed E-state index contributed by atoms with van der Waals surface area (Å²) in [7, 11) is 0. The molecule has 0 spiro atoms. The third-order valence-electron chi connectivity index (χ3n) is 2.11. The van der Waals surface area contributed by atoms with Crippen molar-refractivity contribution in [1.82, 2.24) is 4.40 Å². The summed E-state index contributed by atoms with van der Waals surface area (Å²) < 4.78 is 7.84. The number of hydrogen-bond acceptors (Lipinski definition) is 2. The van der Waals surface area contributed by atoms with Gasteiger partial charge in [-0.3, -0.25) is 0 Å². The van der Waals surface area contributed by atoms with Crippen LogP contribution >= 0.6 is 22.6 Å². The molecule has 2 heterocycles. The van der Waals surface area contributed by atoms with Crippen molar-refractivity contribution < 1.29 is 9.53 Å². The van der Waals surface area contributed by atoms with Crippen LogP contribution in [0.2, 0.25) is 0 Å². The molecular weight excluding hydrogens is 305 g/mol. The Morgan fingerprint density at radius 3 is 3.00 bits per heavy atom. The first kappa shape index (κ1) is 10.5. The number of fused-ring (bicyclic) bond motifs is 1. The number of nitrogens with zero attached hydrogens (tertiary/aromatic N) is 1. The number of rotatable bonds is 2. The van der Waals surface area contributed by atoms with E-state index >= 15 is 0 Å². The van der Waals surface area contributed by atoms with Crippen LogP contribution in [-0.4, -0.2) is 17.0 Å². The van der Waals surface area contributed by atoms with E-state index < -0.39 is 0 Å². The lowest BCUT2D eigenvalue weighted by molar-refractivity contribution is 0.0525. The van der Waals surface area contributed by atoms with E-state index in [1.807, 2.05) is 34.9 Å². The lowest BCUT2D eigenvalue weighted by Crippen LogP contribution is -2.05. The number of esters is 1. The molecule has 0 aliphatic rings. The Morgan fingerprint density at radius 1 is 1.53 bits per heavy atom. The highest BCUT2D eigenvalue weighted by atomic mass is 127. The molecule has 4 heteroatoms. The van der Waals surface area contributed by atoms with E-state index in [4.69, 9.17) is 4.74 Å². The third kappa shape index (κ3) is 1.86. The van der Waals surface area contributed by atoms with Gasteiger partial charge >= 0.3 is 5.97 Å². The molecule has 2 aromatic rings. The van der Waals surface area contributed by atoms with Crippen LogP contribution in [0.3, 0.4) is 0 Å². The number of carbonyl (C=O) groups is 1. The van der Waals surface area contributed by atoms with Crippen LogP contribution in [0, 0.1) is 3.70 Å². The fourth-order valence-electron chi connectivity index (χ4n) is 1.44. The van der Waals surface area contributed by atoms with E-state index in [9.17, 15) is 4.79 Å². The molecule has 2 rings (SSSR count). The number of hydrogen-bond donors (Lipinski definition) is 0. The van der Waals surface area contributed by atoms with Gasteiger partial charge in [0.25, 0.3) is 0 Å². The van der Waals surface area contributed by atoms with E-state index in [-0.39, 0.29) is 5.97 Å². The van der Waals surface area contributed by atoms with Crippen LogP contribution in [0.5, 0.6) is 0 Å². The Kier molecular flexibility index (Phi) is 2.95. The standard InChI is InChI=1S/C11H10INO2/c1-2-15-11(14)9-7-8-5-3-4-6-13(8)10(9)12/h3-7H,2H2,1H3. The van der Waals surface area contributed by atoms with Gasteiger partial charge in [-0.05, 0) is 47.7 Å². The largest absolute Gasteiger partial charge is 0.462 e. The van der Waals surface area contributed by atoms with Crippen LogP contribution in [0.15, 0.2) is 30.5 Å². The molecule has 0 saturated heterocycles. The van der Waals surface area contributed by atoms with Gasteiger partial charge in [0.2, 0.25) is 0 Å². The summed E-state index contributed by atoms with van der Waals surface area (Å²) in [5, 5.41) is 0. The molecule has 78 valence electrons. The Balaban J connectivity index is 2.53. The van der Waals surface area contributed by atoms with E-state index in [2.05, 4.69) is 22.6 Å². The fourth-order valence-corrected chi connectivity index (χ4v) is 2.26. The van der Waals surface area contributed by atoms with Gasteiger partial charge in [-0.15, -0.1) is 0 Å². The summed E-state index contributed by atoms with van der Waals surface area (Å²) in [5.41, 5.74) is 1.63. The van der Waals surface area contributed by atoms with Crippen molar-refractivity contribution in [3.05, 3.63) is 39.7 Å². The summed E-state index contributed by atoms with van der Waals surface area (Å²) in [6.07, 6.45) is 1.93. The Labute approximate surface area is 101 Å². The Hall–Kier alpha value is -1.04. The highest BCUT2D eigenvalue weighted by molar-refractivity contribution is 14.1. The molecular formula is C11H10INO2. The predicted octanol–water partition coefficient (Wildman–Crippen LogP) is 2.72. The maximum atomic E-state index is 11.6. The van der Waals surface area contributed by atoms with E-state index in [0.29, 0.717) is 12.2 Å². The smallest absolute Gasteiger partial charge is 0.340 e. The van der Waals surface area contributed by atoms with E-state index in [0.717, 1.165) is 9.22 Å². The van der Waals surface area contributed by atoms with Crippen molar-refractivity contribution in [2.75, 3.05) is 6.61 Å². The molecule has 0 aliphatic carbocycles. The minimum Gasteiger partial charge on any atom is -0.462 e. The molecule has 0 bridgehead atoms. The lowest BCUT2D eigenvalue weighted by atomic mass is 10.3. The quantitative estimate of drug-likeness (QED) is 0.630. The number of carbonyl (C=O) groups excluding carboxylic acids is 1. The maximum absolute atomic E-state index is 11.6. The molecule has 0 saturated carbocycles. The molecule has 3 nitrogen and oxygen atoms in total. The molecule has 0 fully saturated rings. The highest BCUT2D eigenvalue weighted by Gasteiger charge is 2.15. The van der Waals surface area contributed by atoms with Crippen LogP contribution in [0.4, 0.5) is 0 Å². The minimum absolute atomic E-state index is 0.259. The van der Waals surface area contributed by atoms with Gasteiger partial charge in [0, 0.05) is 11.7 Å². The van der Waals surface area contributed by atoms with Crippen molar-refractivity contribution in [3.8, 4) is 0 Å². The lowest BCUT2D eigenvalue weighted by Gasteiger charge is -1.99. The number of pyridine rings is 1. The maximum Gasteiger partial charge on any atom is 0.340 e. The zero-order valence-corrected chi connectivity index (χ0v) is 10.4. The molecule has 15 heavy (non-hydrogen) atoms. The van der Waals surface area contributed by atoms with Gasteiger partial charge in [0.1, 0.15) is 0 Å². The first-order chi connectivity index (χ1) is 7.24. The SMILES string of the molecule is CCOC(=O)c1cc2ccccn2c1I. The molecule has 2 aromatic heterocycles. The first-order valence-electron chi connectivity index (χ1n) is 4.66. The van der Waals surface area contributed by atoms with Gasteiger partial charge in [-0.1, -0.05) is 6.07 Å². The average molecular weight is 315 g/mol. The summed E-state index contributed by atoms with van der Waals surface area (Å²) >= 11 is 2.15. The van der Waals surface area contributed by atoms with Crippen LogP contribution in [0.25, 0.3) is 5.52 Å². The summed E-state index contributed by atoms with van der Waals surface area (Å²) in [6.45, 7) is 2.21. The topological polar surface area (TPSA) is 30.7 Å². The Bertz CT molecular complexity index is 504. The summed E-state index contributed by atoms with van der Waals surface area (Å²) in [5.74, 6) is -0.259. The number of ether oxygens (including phenoxy) is 1. The van der Waals surface area contributed by atoms with Crippen LogP contribution < -0.4 is 0 Å². The molecule has 0 radical (unpaired) electrons. The van der Waals surface area contributed by atoms with Crippen molar-refractivity contribution >= 4 is 34.1 Å². The zero-order valence-electron chi connectivity index (χ0n) is 8.24. The predicted molar refractivity (Wildman–Crippen MR) is 66.1 cm³/mol. The monoisotopic (exact) mass is 315 g/mol. The minimum atomic E-state index is -0.259. The average Bonchev–Trinajstić information content (AvgIpc) is 2.57. The molecule has 0 unspecified atom stereocenters. The number of aromatic nitrogens is 1. The van der Waals surface area contributed by atoms with Gasteiger partial charge in [-0.25, -0.2) is 4.79 Å². The Morgan fingerprint density at radius 2 is 2.33 bits per heavy atom. The molecule has 0 amide bonds. The molecule has 0 N–H and O–H groups in total. The van der Waals surface area contributed by atoms with E-state index in [1.54, 1.807) is 6.92 Å². The molecule has 0 aliphatic heterocycles. The van der Waals surface area contributed by atoms with Crippen LogP contribution in [-0.2, 0) is 4.74 Å². The zero-order chi connectivity index (χ0) is 10.8. The van der Waals surface area contributed by atoms with E-state index in [1.165, 1.54) is 0 Å². The van der Waals surface area contributed by atoms with Gasteiger partial charge < -0.3 is 9.14 Å². The second-order valence-electron chi connectivity index (χ2n) is 3.06. The normalized spacial score (nSPS) is 10.5. The second-order valence-corrected chi connectivity index (χ2v) is 4.09. The fraction of sp³-hybridized carbons (Fsp3) is 0.182. The van der Waals surface area contributed by atoms with Crippen molar-refractivity contribution in [2.24, 2.45) is 0 Å².